The number of carboxylic acid groups (broad SMARTS) is 3. The predicted molar refractivity (Wildman–Crippen MR) is 420 cm³/mol. The van der Waals surface area contributed by atoms with Crippen molar-refractivity contribution in [3.05, 3.63) is 89.5 Å². The highest BCUT2D eigenvalue weighted by Gasteiger charge is 2.39. The zero-order valence-corrected chi connectivity index (χ0v) is 66.7. The van der Waals surface area contributed by atoms with E-state index in [0.717, 1.165) is 0 Å². The summed E-state index contributed by atoms with van der Waals surface area (Å²) in [6.45, 7) is 8.19. The first-order chi connectivity index (χ1) is 53.8. The Morgan fingerprint density at radius 1 is 0.333 bits per heavy atom. The van der Waals surface area contributed by atoms with E-state index in [0.29, 0.717) is 35.3 Å². The van der Waals surface area contributed by atoms with E-state index >= 15 is 0 Å². The van der Waals surface area contributed by atoms with Gasteiger partial charge in [0.15, 0.2) is 0 Å². The van der Waals surface area contributed by atoms with Crippen molar-refractivity contribution in [2.75, 3.05) is 43.8 Å². The van der Waals surface area contributed by atoms with E-state index in [4.69, 9.17) is 11.5 Å². The molecule has 0 spiro atoms. The topological polar surface area (TPSA) is 614 Å². The summed E-state index contributed by atoms with van der Waals surface area (Å²) < 4.78 is 0. The van der Waals surface area contributed by atoms with E-state index in [1.54, 1.807) is 54.1 Å². The van der Waals surface area contributed by atoms with Crippen molar-refractivity contribution in [1.29, 1.82) is 0 Å². The second-order valence-corrected chi connectivity index (χ2v) is 30.6. The fraction of sp³-hybridized carbons (Fsp3) is 0.560. The van der Waals surface area contributed by atoms with Crippen molar-refractivity contribution in [3.8, 4) is 17.2 Å². The minimum Gasteiger partial charge on any atom is -0.508 e. The maximum Gasteiger partial charge on any atom is 0.326 e. The minimum atomic E-state index is -1.99. The molecule has 39 heteroatoms. The van der Waals surface area contributed by atoms with Gasteiger partial charge in [0.25, 0.3) is 0 Å². The lowest BCUT2D eigenvalue weighted by atomic mass is 9.99. The number of carboxylic acids is 3. The zero-order chi connectivity index (χ0) is 85.5. The second kappa shape index (κ2) is 50.7. The van der Waals surface area contributed by atoms with Gasteiger partial charge < -0.3 is 116 Å². The molecule has 0 aromatic heterocycles. The van der Waals surface area contributed by atoms with E-state index in [9.17, 15) is 113 Å². The van der Waals surface area contributed by atoms with Gasteiger partial charge in [-0.2, -0.15) is 23.5 Å². The highest BCUT2D eigenvalue weighted by atomic mass is 32.2. The third kappa shape index (κ3) is 36.2. The normalized spacial score (nSPS) is 14.7. The Balaban J connectivity index is 1.96. The molecule has 3 aromatic carbocycles. The van der Waals surface area contributed by atoms with Crippen LogP contribution in [0.4, 0.5) is 0 Å². The molecular weight excluding hydrogens is 1530 g/mol. The summed E-state index contributed by atoms with van der Waals surface area (Å²) in [6, 6.07) is -4.52. The number of aliphatic hydroxyl groups is 2. The molecular formula is C75H112N14O23S2. The molecule has 0 saturated carbocycles. The number of thioether (sulfide) groups is 2. The molecule has 114 heavy (non-hydrogen) atoms. The number of hydrogen-bond acceptors (Lipinski definition) is 24. The Kier molecular flexibility index (Phi) is 43.5. The van der Waals surface area contributed by atoms with E-state index in [1.165, 1.54) is 96.3 Å². The van der Waals surface area contributed by atoms with Gasteiger partial charge in [-0.25, -0.2) is 4.79 Å². The van der Waals surface area contributed by atoms with Crippen LogP contribution in [0.3, 0.4) is 0 Å². The van der Waals surface area contributed by atoms with Crippen LogP contribution >= 0.6 is 23.5 Å². The standard InChI is InChI=1S/C75H112N14O23S2/c1-39(2)29-52(81-63(99)48(77)35-61(95)96)67(103)84-56(33-43-14-20-46(93)21-15-43)70(106)85-55(32-42-12-18-45(92)19-13-42)69(105)82-53(30-40(3)4)66(102)78-50(25-28-114-8)65(101)87-58(36-62(97)98)72(108)83-54(31-41(5)6)68(104)88-60(38-91)74(110)86-57(34-44-16-22-47(94)23-17-44)71(107)89-59(37-90)73(109)79-49(24-27-113-7)64(100)80-51(75(111)112)11-9-10-26-76/h12-23,39-41,48-60,90-94H,9-11,24-38,76-77H2,1-8H3,(H,78,102)(H,79,109)(H,80,100)(H,81,99)(H,82,105)(H,83,108)(H,84,103)(H,85,106)(H,86,110)(H,87,101)(H,88,104)(H,89,107)(H,95,96)(H,97,98)(H,111,112)/t48-,49-,50-,51-,52-,53-,54-,55-,56-,57-,58-,59-,60-/m0/s1. The van der Waals surface area contributed by atoms with E-state index in [2.05, 4.69) is 63.8 Å². The van der Waals surface area contributed by atoms with Crippen molar-refractivity contribution in [2.45, 2.75) is 204 Å². The number of nitrogens with one attached hydrogen (secondary N) is 12. The molecule has 0 bridgehead atoms. The first-order valence-electron chi connectivity index (χ1n) is 37.1. The van der Waals surface area contributed by atoms with Crippen LogP contribution in [0, 0.1) is 17.8 Å². The maximum atomic E-state index is 14.8. The molecule has 0 aliphatic heterocycles. The van der Waals surface area contributed by atoms with Crippen molar-refractivity contribution < 1.29 is 113 Å². The average Bonchev–Trinajstić information content (AvgIpc) is 0.843. The third-order valence-electron chi connectivity index (χ3n) is 17.5. The molecule has 0 unspecified atom stereocenters. The number of hydrogen-bond donors (Lipinski definition) is 22. The number of benzene rings is 3. The van der Waals surface area contributed by atoms with Gasteiger partial charge in [0, 0.05) is 19.3 Å². The first-order valence-corrected chi connectivity index (χ1v) is 39.9. The van der Waals surface area contributed by atoms with E-state index in [-0.39, 0.29) is 92.7 Å². The fourth-order valence-electron chi connectivity index (χ4n) is 11.4. The van der Waals surface area contributed by atoms with Gasteiger partial charge in [-0.05, 0) is 153 Å². The predicted octanol–water partition coefficient (Wildman–Crippen LogP) is -2.23. The molecule has 0 aliphatic rings. The summed E-state index contributed by atoms with van der Waals surface area (Å²) in [5, 5.41) is 110. The fourth-order valence-corrected chi connectivity index (χ4v) is 12.4. The number of aromatic hydroxyl groups is 3. The van der Waals surface area contributed by atoms with Crippen LogP contribution < -0.4 is 75.3 Å². The lowest BCUT2D eigenvalue weighted by molar-refractivity contribution is -0.142. The third-order valence-corrected chi connectivity index (χ3v) is 18.8. The molecule has 0 radical (unpaired) electrons. The number of amides is 12. The van der Waals surface area contributed by atoms with Gasteiger partial charge in [-0.15, -0.1) is 0 Å². The van der Waals surface area contributed by atoms with Crippen LogP contribution in [0.2, 0.25) is 0 Å². The largest absolute Gasteiger partial charge is 0.508 e. The first kappa shape index (κ1) is 97.8. The molecule has 0 heterocycles. The van der Waals surface area contributed by atoms with Gasteiger partial charge in [-0.3, -0.25) is 67.1 Å². The SMILES string of the molecule is CSCC[C@H](NC(=O)[C@H](CO)NC(=O)[C@H](Cc1ccc(O)cc1)NC(=O)[C@H](CO)NC(=O)[C@H](CC(C)C)NC(=O)[C@H](CC(=O)O)NC(=O)[C@H](CCSC)NC(=O)[C@H](CC(C)C)NC(=O)[C@H](Cc1ccc(O)cc1)NC(=O)[C@H](Cc1ccc(O)cc1)NC(=O)[C@H](CC(C)C)NC(=O)[C@@H](N)CC(=O)O)C(=O)N[C@@H](CCCCN)C(=O)O. The highest BCUT2D eigenvalue weighted by Crippen LogP contribution is 2.19. The molecule has 37 nitrogen and oxygen atoms in total. The number of carbonyl (C=O) groups is 15. The highest BCUT2D eigenvalue weighted by molar-refractivity contribution is 7.98. The monoisotopic (exact) mass is 1640 g/mol. The van der Waals surface area contributed by atoms with Gasteiger partial charge in [0.05, 0.1) is 32.1 Å². The van der Waals surface area contributed by atoms with Crippen LogP contribution in [-0.4, -0.2) is 252 Å². The smallest absolute Gasteiger partial charge is 0.326 e. The number of nitrogens with two attached hydrogens (primary N) is 2. The van der Waals surface area contributed by atoms with E-state index < -0.39 is 206 Å². The molecule has 3 aromatic rings. The van der Waals surface area contributed by atoms with Crippen molar-refractivity contribution >= 4 is 112 Å². The molecule has 12 amide bonds. The van der Waals surface area contributed by atoms with Crippen molar-refractivity contribution in [1.82, 2.24) is 63.8 Å². The lowest BCUT2D eigenvalue weighted by Crippen LogP contribution is -2.62. The second-order valence-electron chi connectivity index (χ2n) is 28.6. The average molecular weight is 1640 g/mol. The Labute approximate surface area is 669 Å². The Bertz CT molecular complexity index is 3690. The summed E-state index contributed by atoms with van der Waals surface area (Å²) in [6.07, 6.45) is 0.849. The molecule has 0 saturated heterocycles. The van der Waals surface area contributed by atoms with Crippen LogP contribution in [0.25, 0.3) is 0 Å². The molecule has 24 N–H and O–H groups in total. The van der Waals surface area contributed by atoms with Gasteiger partial charge in [0.1, 0.15) is 89.8 Å². The zero-order valence-electron chi connectivity index (χ0n) is 65.1. The number of aliphatic hydroxyl groups excluding tert-OH is 2. The minimum absolute atomic E-state index is 0.0108. The number of aliphatic carboxylic acids is 3. The molecule has 0 aliphatic carbocycles. The van der Waals surface area contributed by atoms with E-state index in [1.807, 2.05) is 0 Å². The van der Waals surface area contributed by atoms with Crippen LogP contribution in [-0.2, 0) is 91.2 Å². The van der Waals surface area contributed by atoms with Crippen LogP contribution in [0.5, 0.6) is 17.2 Å². The number of unbranched alkanes of at least 4 members (excludes halogenated alkanes) is 1. The lowest BCUT2D eigenvalue weighted by Gasteiger charge is -2.29. The quantitative estimate of drug-likeness (QED) is 0.0266. The van der Waals surface area contributed by atoms with Gasteiger partial charge in [0.2, 0.25) is 70.9 Å². The molecule has 632 valence electrons. The number of carbonyl (C=O) groups excluding carboxylic acids is 12. The molecule has 13 atom stereocenters. The van der Waals surface area contributed by atoms with Crippen LogP contribution in [0.1, 0.15) is 122 Å². The summed E-state index contributed by atoms with van der Waals surface area (Å²) in [5.41, 5.74) is 12.4. The summed E-state index contributed by atoms with van der Waals surface area (Å²) in [7, 11) is 0. The Morgan fingerprint density at radius 2 is 0.588 bits per heavy atom. The Hall–Kier alpha value is -10.3. The number of phenolic OH excluding ortho intramolecular Hbond substituents is 3. The number of phenols is 3. The summed E-state index contributed by atoms with van der Waals surface area (Å²) in [5.74, 6) is -18.0. The Morgan fingerprint density at radius 3 is 0.877 bits per heavy atom. The van der Waals surface area contributed by atoms with Crippen molar-refractivity contribution in [2.24, 2.45) is 29.2 Å². The molecule has 0 fully saturated rings. The maximum absolute atomic E-state index is 14.8. The van der Waals surface area contributed by atoms with Crippen LogP contribution in [0.15, 0.2) is 72.8 Å². The molecule has 3 rings (SSSR count). The van der Waals surface area contributed by atoms with Gasteiger partial charge in [-0.1, -0.05) is 77.9 Å². The van der Waals surface area contributed by atoms with Gasteiger partial charge >= 0.3 is 17.9 Å². The summed E-state index contributed by atoms with van der Waals surface area (Å²) >= 11 is 2.53. The number of rotatable bonds is 53. The van der Waals surface area contributed by atoms with Crippen molar-refractivity contribution in [3.63, 3.8) is 0 Å². The summed E-state index contributed by atoms with van der Waals surface area (Å²) in [4.78, 5) is 206.